The summed E-state index contributed by atoms with van der Waals surface area (Å²) in [5.74, 6) is 0.839. The molecule has 0 aliphatic heterocycles. The van der Waals surface area contributed by atoms with Crippen molar-refractivity contribution in [2.24, 2.45) is 0 Å². The smallest absolute Gasteiger partial charge is 0.127 e. The Hall–Kier alpha value is -2.82. The summed E-state index contributed by atoms with van der Waals surface area (Å²) in [7, 11) is 0. The molecule has 5 nitrogen and oxygen atoms in total. The van der Waals surface area contributed by atoms with Gasteiger partial charge in [-0.3, -0.25) is 10.8 Å². The minimum atomic E-state index is 0.210. The molecule has 1 aromatic heterocycles. The van der Waals surface area contributed by atoms with Crippen molar-refractivity contribution in [1.29, 1.82) is 10.8 Å². The zero-order chi connectivity index (χ0) is 18.1. The molecule has 0 radical (unpaired) electrons. The molecule has 0 unspecified atom stereocenters. The van der Waals surface area contributed by atoms with Crippen LogP contribution < -0.4 is 10.6 Å². The van der Waals surface area contributed by atoms with Crippen molar-refractivity contribution < 1.29 is 0 Å². The highest BCUT2D eigenvalue weighted by molar-refractivity contribution is 6.16. The standard InChI is InChI=1S/C20H25N5/c1-11(2)23-19(21)13-8-9-14-15-6-5-7-16(20(22)24-12(3)4)18(15)25-17(14)10-13/h5-12,25H,1-4H3,(H2,21,23)(H2,22,24). The Morgan fingerprint density at radius 2 is 1.56 bits per heavy atom. The molecule has 3 aromatic rings. The number of hydrogen-bond donors (Lipinski definition) is 5. The van der Waals surface area contributed by atoms with Crippen molar-refractivity contribution in [2.45, 2.75) is 39.8 Å². The first kappa shape index (κ1) is 17.0. The van der Waals surface area contributed by atoms with E-state index in [1.165, 1.54) is 0 Å². The molecule has 3 rings (SSSR count). The third-order valence-electron chi connectivity index (χ3n) is 4.06. The van der Waals surface area contributed by atoms with Crippen LogP contribution in [0.5, 0.6) is 0 Å². The van der Waals surface area contributed by atoms with Crippen LogP contribution in [0.3, 0.4) is 0 Å². The third kappa shape index (κ3) is 3.36. The Bertz CT molecular complexity index is 949. The van der Waals surface area contributed by atoms with Gasteiger partial charge in [-0.2, -0.15) is 0 Å². The number of rotatable bonds is 4. The van der Waals surface area contributed by atoms with E-state index in [1.807, 2.05) is 58.0 Å². The van der Waals surface area contributed by atoms with Crippen LogP contribution in [0, 0.1) is 10.8 Å². The largest absolute Gasteiger partial charge is 0.368 e. The molecule has 0 fully saturated rings. The van der Waals surface area contributed by atoms with Crippen molar-refractivity contribution in [2.75, 3.05) is 0 Å². The van der Waals surface area contributed by atoms with E-state index in [9.17, 15) is 0 Å². The van der Waals surface area contributed by atoms with Crippen LogP contribution in [-0.4, -0.2) is 28.7 Å². The fourth-order valence-electron chi connectivity index (χ4n) is 3.03. The van der Waals surface area contributed by atoms with Crippen molar-refractivity contribution in [3.8, 4) is 0 Å². The number of benzene rings is 2. The lowest BCUT2D eigenvalue weighted by molar-refractivity contribution is 0.730. The Kier molecular flexibility index (Phi) is 4.49. The number of hydrogen-bond acceptors (Lipinski definition) is 2. The van der Waals surface area contributed by atoms with Crippen LogP contribution in [0.2, 0.25) is 0 Å². The molecule has 5 N–H and O–H groups in total. The van der Waals surface area contributed by atoms with Crippen LogP contribution in [0.15, 0.2) is 36.4 Å². The van der Waals surface area contributed by atoms with Gasteiger partial charge in [-0.05, 0) is 39.8 Å². The molecular formula is C20H25N5. The van der Waals surface area contributed by atoms with Gasteiger partial charge in [0, 0.05) is 39.5 Å². The lowest BCUT2D eigenvalue weighted by Crippen LogP contribution is -2.30. The molecular weight excluding hydrogens is 310 g/mol. The summed E-state index contributed by atoms with van der Waals surface area (Å²) in [5.41, 5.74) is 3.65. The van der Waals surface area contributed by atoms with Gasteiger partial charge in [-0.25, -0.2) is 0 Å². The molecule has 0 saturated carbocycles. The fraction of sp³-hybridized carbons (Fsp3) is 0.300. The van der Waals surface area contributed by atoms with Gasteiger partial charge in [-0.1, -0.05) is 24.3 Å². The summed E-state index contributed by atoms with van der Waals surface area (Å²) in [6, 6.07) is 12.5. The minimum absolute atomic E-state index is 0.210. The maximum Gasteiger partial charge on any atom is 0.127 e. The normalized spacial score (nSPS) is 11.4. The van der Waals surface area contributed by atoms with E-state index in [-0.39, 0.29) is 12.1 Å². The first-order valence-electron chi connectivity index (χ1n) is 8.62. The average molecular weight is 335 g/mol. The number of para-hydroxylation sites is 1. The number of fused-ring (bicyclic) bond motifs is 3. The Balaban J connectivity index is 2.09. The maximum atomic E-state index is 8.33. The predicted octanol–water partition coefficient (Wildman–Crippen LogP) is 3.97. The molecule has 0 amide bonds. The topological polar surface area (TPSA) is 87.6 Å². The number of H-pyrrole nitrogens is 1. The van der Waals surface area contributed by atoms with Crippen LogP contribution in [0.4, 0.5) is 0 Å². The Labute approximate surface area is 147 Å². The lowest BCUT2D eigenvalue weighted by atomic mass is 10.1. The lowest BCUT2D eigenvalue weighted by Gasteiger charge is -2.11. The fourth-order valence-corrected chi connectivity index (χ4v) is 3.03. The van der Waals surface area contributed by atoms with Gasteiger partial charge >= 0.3 is 0 Å². The van der Waals surface area contributed by atoms with E-state index in [0.717, 1.165) is 32.9 Å². The van der Waals surface area contributed by atoms with Gasteiger partial charge in [0.05, 0.1) is 5.52 Å². The second-order valence-electron chi connectivity index (χ2n) is 6.96. The molecule has 2 aromatic carbocycles. The van der Waals surface area contributed by atoms with Crippen LogP contribution in [0.25, 0.3) is 21.8 Å². The van der Waals surface area contributed by atoms with Crippen molar-refractivity contribution in [3.63, 3.8) is 0 Å². The van der Waals surface area contributed by atoms with Gasteiger partial charge < -0.3 is 15.6 Å². The van der Waals surface area contributed by atoms with Crippen LogP contribution in [-0.2, 0) is 0 Å². The summed E-state index contributed by atoms with van der Waals surface area (Å²) in [5, 5.41) is 25.0. The molecule has 5 heteroatoms. The second kappa shape index (κ2) is 6.59. The molecule has 0 bridgehead atoms. The number of aromatic amines is 1. The van der Waals surface area contributed by atoms with E-state index < -0.39 is 0 Å². The molecule has 1 heterocycles. The third-order valence-corrected chi connectivity index (χ3v) is 4.06. The summed E-state index contributed by atoms with van der Waals surface area (Å²) >= 11 is 0. The highest BCUT2D eigenvalue weighted by Crippen LogP contribution is 2.28. The molecule has 25 heavy (non-hydrogen) atoms. The first-order chi connectivity index (χ1) is 11.9. The van der Waals surface area contributed by atoms with Gasteiger partial charge in [0.15, 0.2) is 0 Å². The highest BCUT2D eigenvalue weighted by Gasteiger charge is 2.13. The Morgan fingerprint density at radius 3 is 2.24 bits per heavy atom. The van der Waals surface area contributed by atoms with E-state index in [0.29, 0.717) is 11.7 Å². The van der Waals surface area contributed by atoms with Crippen LogP contribution >= 0.6 is 0 Å². The molecule has 130 valence electrons. The first-order valence-corrected chi connectivity index (χ1v) is 8.62. The van der Waals surface area contributed by atoms with Crippen LogP contribution in [0.1, 0.15) is 38.8 Å². The summed E-state index contributed by atoms with van der Waals surface area (Å²) in [6.07, 6.45) is 0. The van der Waals surface area contributed by atoms with Gasteiger partial charge in [0.25, 0.3) is 0 Å². The zero-order valence-electron chi connectivity index (χ0n) is 15.1. The number of aromatic nitrogens is 1. The number of nitrogens with one attached hydrogen (secondary N) is 5. The quantitative estimate of drug-likeness (QED) is 0.369. The average Bonchev–Trinajstić information content (AvgIpc) is 2.91. The van der Waals surface area contributed by atoms with E-state index in [2.05, 4.69) is 21.7 Å². The zero-order valence-corrected chi connectivity index (χ0v) is 15.1. The minimum Gasteiger partial charge on any atom is -0.368 e. The molecule has 0 spiro atoms. The van der Waals surface area contributed by atoms with Gasteiger partial charge in [0.1, 0.15) is 11.7 Å². The molecule has 0 aliphatic rings. The van der Waals surface area contributed by atoms with Crippen molar-refractivity contribution in [1.82, 2.24) is 15.6 Å². The summed E-state index contributed by atoms with van der Waals surface area (Å²) < 4.78 is 0. The van der Waals surface area contributed by atoms with E-state index in [4.69, 9.17) is 10.8 Å². The molecule has 0 atom stereocenters. The second-order valence-corrected chi connectivity index (χ2v) is 6.96. The number of amidine groups is 2. The van der Waals surface area contributed by atoms with Crippen molar-refractivity contribution in [3.05, 3.63) is 47.5 Å². The SMILES string of the molecule is CC(C)NC(=N)c1ccc2c(c1)[nH]c1c(C(=N)NC(C)C)cccc12. The van der Waals surface area contributed by atoms with Gasteiger partial charge in [0.2, 0.25) is 0 Å². The van der Waals surface area contributed by atoms with E-state index >= 15 is 0 Å². The predicted molar refractivity (Wildman–Crippen MR) is 106 cm³/mol. The highest BCUT2D eigenvalue weighted by atomic mass is 15.0. The Morgan fingerprint density at radius 1 is 0.880 bits per heavy atom. The van der Waals surface area contributed by atoms with Gasteiger partial charge in [-0.15, -0.1) is 0 Å². The summed E-state index contributed by atoms with van der Waals surface area (Å²) in [4.78, 5) is 3.44. The van der Waals surface area contributed by atoms with Crippen molar-refractivity contribution >= 4 is 33.5 Å². The van der Waals surface area contributed by atoms with E-state index in [1.54, 1.807) is 0 Å². The maximum absolute atomic E-state index is 8.33. The molecule has 0 aliphatic carbocycles. The monoisotopic (exact) mass is 335 g/mol. The summed E-state index contributed by atoms with van der Waals surface area (Å²) in [6.45, 7) is 8.10. The molecule has 0 saturated heterocycles.